The average Bonchev–Trinajstić information content (AvgIpc) is 2.47. The van der Waals surface area contributed by atoms with E-state index in [1.807, 2.05) is 0 Å². The molecular formula is C15H20N4O2. The number of ether oxygens (including phenoxy) is 1. The molecule has 1 aliphatic rings. The third-order valence-corrected chi connectivity index (χ3v) is 4.04. The molecule has 1 aliphatic heterocycles. The van der Waals surface area contributed by atoms with Gasteiger partial charge < -0.3 is 15.4 Å². The lowest BCUT2D eigenvalue weighted by Crippen LogP contribution is -2.40. The number of likely N-dealkylation sites (N-methyl/N-ethyl adjacent to an activating group) is 1. The molecule has 3 rings (SSSR count). The minimum Gasteiger partial charge on any atom is -0.463 e. The monoisotopic (exact) mass is 288 g/mol. The highest BCUT2D eigenvalue weighted by Gasteiger charge is 2.19. The number of rotatable bonds is 3. The zero-order valence-electron chi connectivity index (χ0n) is 12.1. The minimum absolute atomic E-state index is 0.223. The van der Waals surface area contributed by atoms with Crippen LogP contribution in [-0.2, 0) is 0 Å². The third kappa shape index (κ3) is 3.00. The molecule has 1 aromatic carbocycles. The van der Waals surface area contributed by atoms with E-state index in [4.69, 9.17) is 10.5 Å². The predicted octanol–water partition coefficient (Wildman–Crippen LogP) is 1.37. The van der Waals surface area contributed by atoms with Crippen LogP contribution < -0.4 is 16.0 Å². The molecule has 0 saturated carbocycles. The van der Waals surface area contributed by atoms with Gasteiger partial charge in [-0.05, 0) is 44.6 Å². The molecule has 1 aromatic heterocycles. The lowest BCUT2D eigenvalue weighted by molar-refractivity contribution is 0.120. The largest absolute Gasteiger partial charge is 0.463 e. The molecule has 0 radical (unpaired) electrons. The normalized spacial score (nSPS) is 19.8. The van der Waals surface area contributed by atoms with Crippen molar-refractivity contribution in [2.45, 2.75) is 25.3 Å². The number of fused-ring (bicyclic) bond motifs is 1. The molecule has 0 bridgehead atoms. The van der Waals surface area contributed by atoms with Gasteiger partial charge in [-0.25, -0.2) is 0 Å². The number of benzene rings is 1. The number of anilines is 1. The quantitative estimate of drug-likeness (QED) is 0.833. The topological polar surface area (TPSA) is 84.2 Å². The van der Waals surface area contributed by atoms with E-state index in [1.54, 1.807) is 18.2 Å². The summed E-state index contributed by atoms with van der Waals surface area (Å²) < 4.78 is 5.70. The van der Waals surface area contributed by atoms with Crippen LogP contribution in [0.25, 0.3) is 10.9 Å². The zero-order valence-corrected chi connectivity index (χ0v) is 12.1. The Bertz CT molecular complexity index is 698. The Morgan fingerprint density at radius 2 is 2.33 bits per heavy atom. The molecule has 112 valence electrons. The summed E-state index contributed by atoms with van der Waals surface area (Å²) in [6.45, 7) is 1.63. The maximum absolute atomic E-state index is 12.0. The van der Waals surface area contributed by atoms with Crippen molar-refractivity contribution >= 4 is 16.6 Å². The molecule has 0 spiro atoms. The van der Waals surface area contributed by atoms with E-state index in [1.165, 1.54) is 12.8 Å². The molecule has 6 heteroatoms. The average molecular weight is 288 g/mol. The first kappa shape index (κ1) is 13.9. The highest BCUT2D eigenvalue weighted by Crippen LogP contribution is 2.17. The number of H-pyrrole nitrogens is 1. The summed E-state index contributed by atoms with van der Waals surface area (Å²) in [5.74, 6) is 0. The Morgan fingerprint density at radius 3 is 3.14 bits per heavy atom. The van der Waals surface area contributed by atoms with Gasteiger partial charge in [-0.1, -0.05) is 6.42 Å². The van der Waals surface area contributed by atoms with Gasteiger partial charge in [0.25, 0.3) is 11.6 Å². The molecule has 6 nitrogen and oxygen atoms in total. The van der Waals surface area contributed by atoms with Gasteiger partial charge in [0.05, 0.1) is 10.9 Å². The van der Waals surface area contributed by atoms with E-state index in [9.17, 15) is 4.79 Å². The second kappa shape index (κ2) is 5.73. The molecule has 21 heavy (non-hydrogen) atoms. The summed E-state index contributed by atoms with van der Waals surface area (Å²) >= 11 is 0. The van der Waals surface area contributed by atoms with Gasteiger partial charge in [-0.3, -0.25) is 9.78 Å². The first-order valence-corrected chi connectivity index (χ1v) is 7.26. The standard InChI is InChI=1S/C15H20N4O2/c1-19-7-3-2-4-11(19)9-21-15-17-13-6-5-10(16)8-12(13)14(20)18-15/h5-6,8,11H,2-4,7,9,16H2,1H3,(H,17,18,20). The Morgan fingerprint density at radius 1 is 1.48 bits per heavy atom. The van der Waals surface area contributed by atoms with Gasteiger partial charge in [0, 0.05) is 11.7 Å². The van der Waals surface area contributed by atoms with Crippen molar-refractivity contribution in [1.82, 2.24) is 14.9 Å². The summed E-state index contributed by atoms with van der Waals surface area (Å²) in [5.41, 5.74) is 6.61. The molecule has 0 amide bonds. The highest BCUT2D eigenvalue weighted by atomic mass is 16.5. The number of nitrogen functional groups attached to an aromatic ring is 1. The Balaban J connectivity index is 1.78. The lowest BCUT2D eigenvalue weighted by atomic mass is 10.0. The number of nitrogens with one attached hydrogen (secondary N) is 1. The van der Waals surface area contributed by atoms with Crippen LogP contribution in [0.3, 0.4) is 0 Å². The smallest absolute Gasteiger partial charge is 0.297 e. The fourth-order valence-corrected chi connectivity index (χ4v) is 2.73. The van der Waals surface area contributed by atoms with E-state index in [0.717, 1.165) is 13.0 Å². The van der Waals surface area contributed by atoms with Crippen LogP contribution in [0.5, 0.6) is 6.01 Å². The van der Waals surface area contributed by atoms with E-state index < -0.39 is 0 Å². The van der Waals surface area contributed by atoms with Crippen molar-refractivity contribution in [3.05, 3.63) is 28.6 Å². The Hall–Kier alpha value is -2.08. The first-order chi connectivity index (χ1) is 10.1. The molecular weight excluding hydrogens is 268 g/mol. The highest BCUT2D eigenvalue weighted by molar-refractivity contribution is 5.81. The summed E-state index contributed by atoms with van der Waals surface area (Å²) in [5, 5.41) is 0.483. The van der Waals surface area contributed by atoms with Crippen LogP contribution in [0.2, 0.25) is 0 Å². The van der Waals surface area contributed by atoms with Crippen molar-refractivity contribution in [1.29, 1.82) is 0 Å². The summed E-state index contributed by atoms with van der Waals surface area (Å²) in [6.07, 6.45) is 3.57. The van der Waals surface area contributed by atoms with Crippen LogP contribution in [0.15, 0.2) is 23.0 Å². The number of piperidine rings is 1. The van der Waals surface area contributed by atoms with E-state index >= 15 is 0 Å². The number of nitrogens with zero attached hydrogens (tertiary/aromatic N) is 2. The number of likely N-dealkylation sites (tertiary alicyclic amines) is 1. The number of aromatic amines is 1. The second-order valence-electron chi connectivity index (χ2n) is 5.59. The first-order valence-electron chi connectivity index (χ1n) is 7.26. The van der Waals surface area contributed by atoms with Crippen molar-refractivity contribution in [3.63, 3.8) is 0 Å². The SMILES string of the molecule is CN1CCCCC1COc1nc2ccc(N)cc2c(=O)[nH]1. The zero-order chi connectivity index (χ0) is 14.8. The molecule has 1 atom stereocenters. The van der Waals surface area contributed by atoms with Crippen LogP contribution >= 0.6 is 0 Å². The Labute approximate surface area is 122 Å². The van der Waals surface area contributed by atoms with E-state index in [2.05, 4.69) is 21.9 Å². The van der Waals surface area contributed by atoms with Crippen LogP contribution in [0.4, 0.5) is 5.69 Å². The van der Waals surface area contributed by atoms with Gasteiger partial charge >= 0.3 is 0 Å². The number of hydrogen-bond donors (Lipinski definition) is 2. The molecule has 0 aliphatic carbocycles. The van der Waals surface area contributed by atoms with Crippen LogP contribution in [0.1, 0.15) is 19.3 Å². The van der Waals surface area contributed by atoms with Crippen LogP contribution in [0, 0.1) is 0 Å². The molecule has 1 unspecified atom stereocenters. The van der Waals surface area contributed by atoms with Gasteiger partial charge in [0.15, 0.2) is 0 Å². The second-order valence-corrected chi connectivity index (χ2v) is 5.59. The molecule has 1 fully saturated rings. The molecule has 2 heterocycles. The minimum atomic E-state index is -0.223. The summed E-state index contributed by atoms with van der Waals surface area (Å²) in [6, 6.07) is 5.75. The predicted molar refractivity (Wildman–Crippen MR) is 82.5 cm³/mol. The maximum Gasteiger partial charge on any atom is 0.297 e. The number of aromatic nitrogens is 2. The molecule has 1 saturated heterocycles. The van der Waals surface area contributed by atoms with Gasteiger partial charge in [-0.15, -0.1) is 0 Å². The number of hydrogen-bond acceptors (Lipinski definition) is 5. The van der Waals surface area contributed by atoms with Crippen molar-refractivity contribution in [3.8, 4) is 6.01 Å². The molecule has 3 N–H and O–H groups in total. The van der Waals surface area contributed by atoms with Gasteiger partial charge in [0.1, 0.15) is 6.61 Å². The maximum atomic E-state index is 12.0. The van der Waals surface area contributed by atoms with Gasteiger partial charge in [-0.2, -0.15) is 4.98 Å². The lowest BCUT2D eigenvalue weighted by Gasteiger charge is -2.31. The van der Waals surface area contributed by atoms with Crippen molar-refractivity contribution in [2.24, 2.45) is 0 Å². The van der Waals surface area contributed by atoms with Gasteiger partial charge in [0.2, 0.25) is 0 Å². The fraction of sp³-hybridized carbons (Fsp3) is 0.467. The van der Waals surface area contributed by atoms with E-state index in [-0.39, 0.29) is 11.6 Å². The third-order valence-electron chi connectivity index (χ3n) is 4.04. The van der Waals surface area contributed by atoms with Crippen molar-refractivity contribution < 1.29 is 4.74 Å². The fourth-order valence-electron chi connectivity index (χ4n) is 2.73. The van der Waals surface area contributed by atoms with Crippen LogP contribution in [-0.4, -0.2) is 41.1 Å². The summed E-state index contributed by atoms with van der Waals surface area (Å²) in [4.78, 5) is 21.3. The van der Waals surface area contributed by atoms with Crippen molar-refractivity contribution in [2.75, 3.05) is 25.9 Å². The number of nitrogens with two attached hydrogens (primary N) is 1. The summed E-state index contributed by atoms with van der Waals surface area (Å²) in [7, 11) is 2.10. The van der Waals surface area contributed by atoms with E-state index in [0.29, 0.717) is 29.2 Å². The molecule has 2 aromatic rings. The Kier molecular flexibility index (Phi) is 3.79.